The number of nitrogens with zero attached hydrogens (tertiary/aromatic N) is 1. The number of likely N-dealkylation sites (N-methyl/N-ethyl adjacent to an activating group) is 1. The predicted molar refractivity (Wildman–Crippen MR) is 105 cm³/mol. The lowest BCUT2D eigenvalue weighted by atomic mass is 10.1. The summed E-state index contributed by atoms with van der Waals surface area (Å²) in [6.45, 7) is 4.89. The first-order valence-corrected chi connectivity index (χ1v) is 8.96. The Bertz CT molecular complexity index is 782. The van der Waals surface area contributed by atoms with Crippen molar-refractivity contribution in [2.45, 2.75) is 20.0 Å². The van der Waals surface area contributed by atoms with Gasteiger partial charge in [0.1, 0.15) is 5.75 Å². The number of ether oxygens (including phenoxy) is 2. The molecule has 5 nitrogen and oxygen atoms in total. The van der Waals surface area contributed by atoms with Crippen LogP contribution in [0.5, 0.6) is 5.75 Å². The van der Waals surface area contributed by atoms with Crippen LogP contribution in [0.1, 0.15) is 31.1 Å². The van der Waals surface area contributed by atoms with E-state index in [9.17, 15) is 9.59 Å². The van der Waals surface area contributed by atoms with E-state index in [4.69, 9.17) is 9.47 Å². The number of rotatable bonds is 8. The van der Waals surface area contributed by atoms with Crippen molar-refractivity contribution in [3.05, 3.63) is 71.8 Å². The number of benzene rings is 2. The zero-order valence-corrected chi connectivity index (χ0v) is 15.9. The summed E-state index contributed by atoms with van der Waals surface area (Å²) in [4.78, 5) is 26.9. The fourth-order valence-electron chi connectivity index (χ4n) is 2.71. The van der Waals surface area contributed by atoms with Crippen molar-refractivity contribution in [2.75, 3.05) is 20.2 Å². The normalized spacial score (nSPS) is 11.8. The van der Waals surface area contributed by atoms with E-state index in [-0.39, 0.29) is 5.91 Å². The van der Waals surface area contributed by atoms with Gasteiger partial charge in [-0.25, -0.2) is 4.79 Å². The molecule has 0 N–H and O–H groups in total. The van der Waals surface area contributed by atoms with Crippen LogP contribution >= 0.6 is 0 Å². The number of hydrogen-bond donors (Lipinski definition) is 0. The molecular formula is C22H25NO4. The Hall–Kier alpha value is -3.08. The number of methoxy groups -OCH3 is 1. The number of carbonyl (C=O) groups is 2. The molecule has 0 heterocycles. The van der Waals surface area contributed by atoms with E-state index >= 15 is 0 Å². The fourth-order valence-corrected chi connectivity index (χ4v) is 2.71. The maximum Gasteiger partial charge on any atom is 0.331 e. The van der Waals surface area contributed by atoms with Crippen LogP contribution in [0.4, 0.5) is 0 Å². The maximum atomic E-state index is 12.8. The summed E-state index contributed by atoms with van der Waals surface area (Å²) in [6, 6.07) is 16.4. The van der Waals surface area contributed by atoms with Gasteiger partial charge in [-0.15, -0.1) is 0 Å². The van der Waals surface area contributed by atoms with Gasteiger partial charge >= 0.3 is 5.97 Å². The van der Waals surface area contributed by atoms with Gasteiger partial charge in [-0.05, 0) is 26.0 Å². The Balaban J connectivity index is 2.20. The first kappa shape index (κ1) is 20.2. The van der Waals surface area contributed by atoms with Crippen LogP contribution < -0.4 is 4.74 Å². The van der Waals surface area contributed by atoms with Gasteiger partial charge in [0.05, 0.1) is 7.11 Å². The van der Waals surface area contributed by atoms with Gasteiger partial charge in [-0.1, -0.05) is 48.5 Å². The van der Waals surface area contributed by atoms with Crippen molar-refractivity contribution in [1.82, 2.24) is 4.90 Å². The lowest BCUT2D eigenvalue weighted by Gasteiger charge is -2.25. The molecule has 1 amide bonds. The quantitative estimate of drug-likeness (QED) is 0.525. The molecule has 0 unspecified atom stereocenters. The van der Waals surface area contributed by atoms with Crippen molar-refractivity contribution < 1.29 is 19.1 Å². The van der Waals surface area contributed by atoms with Gasteiger partial charge in [-0.2, -0.15) is 0 Å². The molecule has 0 aliphatic heterocycles. The van der Waals surface area contributed by atoms with E-state index in [1.807, 2.05) is 56.3 Å². The lowest BCUT2D eigenvalue weighted by molar-refractivity contribution is -0.157. The molecule has 1 atom stereocenters. The van der Waals surface area contributed by atoms with Crippen LogP contribution in [0, 0.1) is 0 Å². The van der Waals surface area contributed by atoms with E-state index in [1.165, 1.54) is 6.08 Å². The van der Waals surface area contributed by atoms with E-state index < -0.39 is 12.1 Å². The highest BCUT2D eigenvalue weighted by atomic mass is 16.5. The average molecular weight is 367 g/mol. The van der Waals surface area contributed by atoms with Crippen molar-refractivity contribution in [3.8, 4) is 5.75 Å². The Morgan fingerprint density at radius 2 is 1.63 bits per heavy atom. The number of para-hydroxylation sites is 1. The zero-order chi connectivity index (χ0) is 19.6. The standard InChI is InChI=1S/C22H25NO4/c1-4-23(5-2)22(25)21(18-12-7-6-8-13-18)27-20(24)16-15-17-11-9-10-14-19(17)26-3/h6-16,21H,4-5H2,1-3H3/b16-15+/t21-/m0/s1. The predicted octanol–water partition coefficient (Wildman–Crippen LogP) is 3.86. The van der Waals surface area contributed by atoms with E-state index in [0.717, 1.165) is 5.56 Å². The monoisotopic (exact) mass is 367 g/mol. The molecule has 0 bridgehead atoms. The largest absolute Gasteiger partial charge is 0.496 e. The van der Waals surface area contributed by atoms with Gasteiger partial charge < -0.3 is 14.4 Å². The minimum absolute atomic E-state index is 0.231. The fraction of sp³-hybridized carbons (Fsp3) is 0.273. The van der Waals surface area contributed by atoms with Crippen molar-refractivity contribution in [2.24, 2.45) is 0 Å². The van der Waals surface area contributed by atoms with E-state index in [1.54, 1.807) is 30.2 Å². The smallest absolute Gasteiger partial charge is 0.331 e. The first-order valence-electron chi connectivity index (χ1n) is 8.96. The highest BCUT2D eigenvalue weighted by molar-refractivity contribution is 5.91. The first-order chi connectivity index (χ1) is 13.1. The molecule has 0 aromatic heterocycles. The molecule has 0 saturated carbocycles. The molecular weight excluding hydrogens is 342 g/mol. The number of carbonyl (C=O) groups excluding carboxylic acids is 2. The summed E-state index contributed by atoms with van der Waals surface area (Å²) in [5, 5.41) is 0. The molecule has 2 rings (SSSR count). The van der Waals surface area contributed by atoms with Gasteiger partial charge in [-0.3, -0.25) is 4.79 Å². The average Bonchev–Trinajstić information content (AvgIpc) is 2.72. The Labute approximate surface area is 160 Å². The Morgan fingerprint density at radius 3 is 2.26 bits per heavy atom. The molecule has 0 radical (unpaired) electrons. The van der Waals surface area contributed by atoms with E-state index in [2.05, 4.69) is 0 Å². The van der Waals surface area contributed by atoms with Gasteiger partial charge in [0.25, 0.3) is 5.91 Å². The number of esters is 1. The Kier molecular flexibility index (Phi) is 7.62. The van der Waals surface area contributed by atoms with Crippen LogP contribution in [0.25, 0.3) is 6.08 Å². The zero-order valence-electron chi connectivity index (χ0n) is 15.9. The van der Waals surface area contributed by atoms with Gasteiger partial charge in [0, 0.05) is 30.3 Å². The number of hydrogen-bond acceptors (Lipinski definition) is 4. The summed E-state index contributed by atoms with van der Waals surface area (Å²) in [6.07, 6.45) is 1.95. The lowest BCUT2D eigenvalue weighted by Crippen LogP contribution is -2.36. The molecule has 0 aliphatic rings. The molecule has 0 saturated heterocycles. The Morgan fingerprint density at radius 1 is 1.00 bits per heavy atom. The highest BCUT2D eigenvalue weighted by Gasteiger charge is 2.27. The molecule has 0 aliphatic carbocycles. The molecule has 0 spiro atoms. The molecule has 2 aromatic carbocycles. The van der Waals surface area contributed by atoms with Crippen molar-refractivity contribution >= 4 is 18.0 Å². The third kappa shape index (κ3) is 5.45. The summed E-state index contributed by atoms with van der Waals surface area (Å²) in [7, 11) is 1.57. The topological polar surface area (TPSA) is 55.8 Å². The molecule has 2 aromatic rings. The maximum absolute atomic E-state index is 12.8. The van der Waals surface area contributed by atoms with Crippen molar-refractivity contribution in [1.29, 1.82) is 0 Å². The molecule has 142 valence electrons. The summed E-state index contributed by atoms with van der Waals surface area (Å²) < 4.78 is 10.8. The second-order valence-corrected chi connectivity index (χ2v) is 5.81. The second-order valence-electron chi connectivity index (χ2n) is 5.81. The molecule has 0 fully saturated rings. The summed E-state index contributed by atoms with van der Waals surface area (Å²) in [5.74, 6) is -0.166. The van der Waals surface area contributed by atoms with Gasteiger partial charge in [0.2, 0.25) is 6.10 Å². The third-order valence-corrected chi connectivity index (χ3v) is 4.17. The second kappa shape index (κ2) is 10.2. The highest BCUT2D eigenvalue weighted by Crippen LogP contribution is 2.22. The SMILES string of the molecule is CCN(CC)C(=O)[C@@H](OC(=O)/C=C/c1ccccc1OC)c1ccccc1. The summed E-state index contributed by atoms with van der Waals surface area (Å²) in [5.41, 5.74) is 1.40. The minimum Gasteiger partial charge on any atom is -0.496 e. The van der Waals surface area contributed by atoms with Crippen LogP contribution in [-0.2, 0) is 14.3 Å². The molecule has 5 heteroatoms. The van der Waals surface area contributed by atoms with Crippen LogP contribution in [-0.4, -0.2) is 37.0 Å². The van der Waals surface area contributed by atoms with Crippen LogP contribution in [0.3, 0.4) is 0 Å². The van der Waals surface area contributed by atoms with E-state index in [0.29, 0.717) is 24.4 Å². The van der Waals surface area contributed by atoms with Crippen molar-refractivity contribution in [3.63, 3.8) is 0 Å². The van der Waals surface area contributed by atoms with Gasteiger partial charge in [0.15, 0.2) is 0 Å². The third-order valence-electron chi connectivity index (χ3n) is 4.17. The van der Waals surface area contributed by atoms with Crippen LogP contribution in [0.15, 0.2) is 60.7 Å². The summed E-state index contributed by atoms with van der Waals surface area (Å²) >= 11 is 0. The number of amides is 1. The molecule has 27 heavy (non-hydrogen) atoms. The minimum atomic E-state index is -0.971. The van der Waals surface area contributed by atoms with Crippen LogP contribution in [0.2, 0.25) is 0 Å².